The number of Topliss-reactive ketones (excluding diaryl/α,β-unsaturated/α-hetero) is 6. The molecule has 0 bridgehead atoms. The van der Waals surface area contributed by atoms with Crippen molar-refractivity contribution in [1.82, 2.24) is 29.9 Å². The SMILES string of the molecule is CC.CC.CC.Cc1ccc(N)c(N)c1.O=C1C(=O)C(=O)C(=O)C(=O)C1=O.c1ccc2nc3c(nc2c1)c1nc2ccccc2nc1c1nc2ccccc2nc31. The molecule has 3 heterocycles. The molecule has 1 saturated carbocycles. The number of nitrogens with two attached hydrogens (primary N) is 2. The third-order valence-electron chi connectivity index (χ3n) is 7.86. The van der Waals surface area contributed by atoms with Crippen LogP contribution in [0.2, 0.25) is 0 Å². The van der Waals surface area contributed by atoms with Crippen LogP contribution in [0, 0.1) is 6.92 Å². The van der Waals surface area contributed by atoms with Gasteiger partial charge in [0.1, 0.15) is 33.1 Å². The van der Waals surface area contributed by atoms with E-state index in [2.05, 4.69) is 0 Å². The summed E-state index contributed by atoms with van der Waals surface area (Å²) in [5.41, 5.74) is 22.5. The molecule has 14 heteroatoms. The Labute approximate surface area is 326 Å². The molecule has 0 atom stereocenters. The Hall–Kier alpha value is -7.48. The molecule has 0 saturated heterocycles. The van der Waals surface area contributed by atoms with Gasteiger partial charge >= 0.3 is 0 Å². The van der Waals surface area contributed by atoms with Crippen molar-refractivity contribution in [2.24, 2.45) is 0 Å². The third-order valence-corrected chi connectivity index (χ3v) is 7.86. The van der Waals surface area contributed by atoms with E-state index in [1.807, 2.05) is 139 Å². The van der Waals surface area contributed by atoms with Gasteiger partial charge in [0.05, 0.1) is 44.5 Å². The smallest absolute Gasteiger partial charge is 0.281 e. The van der Waals surface area contributed by atoms with E-state index in [0.717, 1.165) is 38.7 Å². The number of hydrogen-bond acceptors (Lipinski definition) is 14. The number of nitrogen functional groups attached to an aromatic ring is 2. The van der Waals surface area contributed by atoms with E-state index in [4.69, 9.17) is 41.4 Å². The zero-order valence-corrected chi connectivity index (χ0v) is 32.4. The summed E-state index contributed by atoms with van der Waals surface area (Å²) in [5.74, 6) is -10.4. The Morgan fingerprint density at radius 3 is 0.719 bits per heavy atom. The molecule has 9 rings (SSSR count). The van der Waals surface area contributed by atoms with Gasteiger partial charge < -0.3 is 11.5 Å². The molecule has 4 N–H and O–H groups in total. The fraction of sp³-hybridized carbons (Fsp3) is 0.163. The zero-order valence-electron chi connectivity index (χ0n) is 32.4. The number of aromatic nitrogens is 6. The molecule has 14 nitrogen and oxygen atoms in total. The average Bonchev–Trinajstić information content (AvgIpc) is 3.26. The van der Waals surface area contributed by atoms with Gasteiger partial charge in [-0.25, -0.2) is 29.9 Å². The Balaban J connectivity index is 0.000000221. The molecule has 0 radical (unpaired) electrons. The first kappa shape index (κ1) is 42.3. The van der Waals surface area contributed by atoms with Crippen molar-refractivity contribution in [1.29, 1.82) is 0 Å². The maximum atomic E-state index is 10.4. The molecule has 5 aromatic carbocycles. The minimum Gasteiger partial charge on any atom is -0.397 e. The van der Waals surface area contributed by atoms with Gasteiger partial charge in [-0.1, -0.05) is 84.0 Å². The number of benzene rings is 5. The van der Waals surface area contributed by atoms with Gasteiger partial charge in [0.15, 0.2) is 0 Å². The largest absolute Gasteiger partial charge is 0.397 e. The van der Waals surface area contributed by atoms with Crippen molar-refractivity contribution >= 4 is 112 Å². The summed E-state index contributed by atoms with van der Waals surface area (Å²) < 4.78 is 0. The highest BCUT2D eigenvalue weighted by Crippen LogP contribution is 2.32. The lowest BCUT2D eigenvalue weighted by Gasteiger charge is -2.10. The highest BCUT2D eigenvalue weighted by Gasteiger charge is 2.47. The van der Waals surface area contributed by atoms with Crippen LogP contribution in [0.5, 0.6) is 0 Å². The predicted molar refractivity (Wildman–Crippen MR) is 222 cm³/mol. The van der Waals surface area contributed by atoms with Gasteiger partial charge in [0.25, 0.3) is 34.7 Å². The van der Waals surface area contributed by atoms with Gasteiger partial charge in [0.2, 0.25) is 0 Å². The maximum absolute atomic E-state index is 10.4. The fourth-order valence-electron chi connectivity index (χ4n) is 5.30. The normalized spacial score (nSPS) is 12.1. The lowest BCUT2D eigenvalue weighted by Crippen LogP contribution is -2.49. The summed E-state index contributed by atoms with van der Waals surface area (Å²) in [6, 6.07) is 29.1. The van der Waals surface area contributed by atoms with Crippen LogP contribution in [-0.2, 0) is 28.8 Å². The van der Waals surface area contributed by atoms with Crippen molar-refractivity contribution in [3.63, 3.8) is 0 Å². The molecule has 0 amide bonds. The number of para-hydroxylation sites is 6. The first-order valence-corrected chi connectivity index (χ1v) is 18.2. The molecule has 8 aromatic rings. The standard InChI is InChI=1S/C24H12N6.C7H10N2.C6O6.3C2H6/c1-2-8-14-13(7-1)25-19-20(26-14)22-24(30-18-12-6-5-11-17(18)28-22)23-21(19)27-15-9-3-4-10-16(15)29-23;1-5-2-3-6(8)7(9)4-5;7-1-2(8)4(10)6(12)5(11)3(1)9;3*1-2/h1-12H;2-4H,8-9H2,1H3;;3*1-2H3. The van der Waals surface area contributed by atoms with Gasteiger partial charge in [-0.15, -0.1) is 0 Å². The van der Waals surface area contributed by atoms with E-state index in [9.17, 15) is 28.8 Å². The van der Waals surface area contributed by atoms with Crippen molar-refractivity contribution in [2.45, 2.75) is 48.5 Å². The Morgan fingerprint density at radius 1 is 0.333 bits per heavy atom. The van der Waals surface area contributed by atoms with Crippen LogP contribution in [0.1, 0.15) is 47.1 Å². The van der Waals surface area contributed by atoms with E-state index in [0.29, 0.717) is 44.5 Å². The number of aryl methyl sites for hydroxylation is 1. The van der Waals surface area contributed by atoms with Gasteiger partial charge in [0, 0.05) is 0 Å². The van der Waals surface area contributed by atoms with E-state index >= 15 is 0 Å². The number of rotatable bonds is 0. The van der Waals surface area contributed by atoms with Crippen LogP contribution in [-0.4, -0.2) is 64.6 Å². The Bertz CT molecular complexity index is 2380. The zero-order chi connectivity index (χ0) is 42.0. The molecule has 0 unspecified atom stereocenters. The van der Waals surface area contributed by atoms with Gasteiger partial charge in [-0.3, -0.25) is 28.8 Å². The average molecular weight is 765 g/mol. The minimum absolute atomic E-state index is 0.653. The van der Waals surface area contributed by atoms with Crippen molar-refractivity contribution in [3.8, 4) is 0 Å². The van der Waals surface area contributed by atoms with E-state index in [1.165, 1.54) is 0 Å². The number of nitrogens with zero attached hydrogens (tertiary/aromatic N) is 6. The highest BCUT2D eigenvalue weighted by molar-refractivity contribution is 7.08. The molecule has 1 aliphatic carbocycles. The van der Waals surface area contributed by atoms with Crippen LogP contribution < -0.4 is 11.5 Å². The fourth-order valence-corrected chi connectivity index (χ4v) is 5.30. The number of hydrogen-bond donors (Lipinski definition) is 2. The Kier molecular flexibility index (Phi) is 13.9. The molecular formula is C43H40N8O6. The molecule has 1 aliphatic rings. The van der Waals surface area contributed by atoms with Crippen molar-refractivity contribution < 1.29 is 28.8 Å². The van der Waals surface area contributed by atoms with Crippen molar-refractivity contribution in [3.05, 3.63) is 96.6 Å². The first-order valence-electron chi connectivity index (χ1n) is 18.2. The topological polar surface area (TPSA) is 232 Å². The molecule has 1 fully saturated rings. The molecule has 0 aliphatic heterocycles. The lowest BCUT2D eigenvalue weighted by atomic mass is 9.93. The van der Waals surface area contributed by atoms with Gasteiger partial charge in [-0.05, 0) is 61.0 Å². The third kappa shape index (κ3) is 8.60. The summed E-state index contributed by atoms with van der Waals surface area (Å²) in [4.78, 5) is 91.9. The summed E-state index contributed by atoms with van der Waals surface area (Å²) in [6.45, 7) is 14.0. The summed E-state index contributed by atoms with van der Waals surface area (Å²) in [7, 11) is 0. The van der Waals surface area contributed by atoms with E-state index < -0.39 is 34.7 Å². The lowest BCUT2D eigenvalue weighted by molar-refractivity contribution is -0.158. The van der Waals surface area contributed by atoms with Gasteiger partial charge in [-0.2, -0.15) is 0 Å². The van der Waals surface area contributed by atoms with Crippen molar-refractivity contribution in [2.75, 3.05) is 11.5 Å². The monoisotopic (exact) mass is 764 g/mol. The van der Waals surface area contributed by atoms with Crippen LogP contribution in [0.25, 0.3) is 66.2 Å². The van der Waals surface area contributed by atoms with E-state index in [1.54, 1.807) is 0 Å². The van der Waals surface area contributed by atoms with Crippen LogP contribution in [0.15, 0.2) is 91.0 Å². The number of carbonyl (C=O) groups excluding carboxylic acids is 6. The second-order valence-corrected chi connectivity index (χ2v) is 11.3. The molecule has 3 aromatic heterocycles. The predicted octanol–water partition coefficient (Wildman–Crippen LogP) is 6.63. The molecule has 57 heavy (non-hydrogen) atoms. The molecule has 288 valence electrons. The Morgan fingerprint density at radius 2 is 0.544 bits per heavy atom. The number of carbonyl (C=O) groups is 6. The summed E-state index contributed by atoms with van der Waals surface area (Å²) >= 11 is 0. The van der Waals surface area contributed by atoms with E-state index in [-0.39, 0.29) is 0 Å². The van der Waals surface area contributed by atoms with Crippen LogP contribution in [0.4, 0.5) is 11.4 Å². The minimum atomic E-state index is -1.73. The number of ketones is 6. The summed E-state index contributed by atoms with van der Waals surface area (Å²) in [5, 5.41) is 0. The first-order chi connectivity index (χ1) is 27.5. The number of fused-ring (bicyclic) bond motifs is 9. The maximum Gasteiger partial charge on any atom is 0.281 e. The highest BCUT2D eigenvalue weighted by atomic mass is 16.2. The molecular weight excluding hydrogens is 725 g/mol. The second kappa shape index (κ2) is 18.7. The van der Waals surface area contributed by atoms with Crippen LogP contribution >= 0.6 is 0 Å². The second-order valence-electron chi connectivity index (χ2n) is 11.3. The summed E-state index contributed by atoms with van der Waals surface area (Å²) in [6.07, 6.45) is 0. The number of anilines is 2. The molecule has 0 spiro atoms. The quantitative estimate of drug-likeness (QED) is 0.0714. The van der Waals surface area contributed by atoms with Crippen LogP contribution in [0.3, 0.4) is 0 Å².